The van der Waals surface area contributed by atoms with Gasteiger partial charge in [0, 0.05) is 19.1 Å². The fraction of sp³-hybridized carbons (Fsp3) is 1.00. The van der Waals surface area contributed by atoms with E-state index in [2.05, 4.69) is 9.44 Å². The molecule has 0 aromatic heterocycles. The van der Waals surface area contributed by atoms with E-state index in [1.807, 2.05) is 6.92 Å². The average Bonchev–Trinajstić information content (AvgIpc) is 2.24. The second kappa shape index (κ2) is 8.26. The van der Waals surface area contributed by atoms with Crippen molar-refractivity contribution < 1.29 is 8.42 Å². The highest BCUT2D eigenvalue weighted by molar-refractivity contribution is 7.87. The lowest BCUT2D eigenvalue weighted by molar-refractivity contribution is 0.322. The number of rotatable bonds is 6. The van der Waals surface area contributed by atoms with Crippen molar-refractivity contribution in [1.82, 2.24) is 9.44 Å². The second-order valence-corrected chi connectivity index (χ2v) is 6.12. The zero-order chi connectivity index (χ0) is 12.0. The van der Waals surface area contributed by atoms with Gasteiger partial charge in [0.25, 0.3) is 10.2 Å². The summed E-state index contributed by atoms with van der Waals surface area (Å²) < 4.78 is 28.0. The third-order valence-corrected chi connectivity index (χ3v) is 4.06. The summed E-state index contributed by atoms with van der Waals surface area (Å²) in [6.45, 7) is 2.93. The molecule has 0 amide bonds. The third-order valence-electron chi connectivity index (χ3n) is 2.93. The molecule has 1 rings (SSSR count). The van der Waals surface area contributed by atoms with Gasteiger partial charge in [-0.15, -0.1) is 12.4 Å². The average molecular weight is 286 g/mol. The smallest absolute Gasteiger partial charge is 0.276 e. The summed E-state index contributed by atoms with van der Waals surface area (Å²) >= 11 is 0. The summed E-state index contributed by atoms with van der Waals surface area (Å²) in [6, 6.07) is 0.242. The van der Waals surface area contributed by atoms with Crippen LogP contribution in [-0.2, 0) is 10.2 Å². The van der Waals surface area contributed by atoms with Crippen molar-refractivity contribution >= 4 is 22.6 Å². The molecule has 17 heavy (non-hydrogen) atoms. The van der Waals surface area contributed by atoms with Gasteiger partial charge in [0.2, 0.25) is 0 Å². The Morgan fingerprint density at radius 1 is 1.29 bits per heavy atom. The molecule has 0 spiro atoms. The molecule has 104 valence electrons. The number of hydrogen-bond acceptors (Lipinski definition) is 3. The molecule has 7 heteroatoms. The maximum atomic E-state index is 11.5. The maximum absolute atomic E-state index is 11.5. The number of halogens is 1. The van der Waals surface area contributed by atoms with Gasteiger partial charge in [-0.2, -0.15) is 8.42 Å². The first kappa shape index (κ1) is 17.1. The van der Waals surface area contributed by atoms with E-state index in [9.17, 15) is 8.42 Å². The van der Waals surface area contributed by atoms with Crippen LogP contribution in [0.1, 0.15) is 39.0 Å². The predicted octanol–water partition coefficient (Wildman–Crippen LogP) is 0.760. The predicted molar refractivity (Wildman–Crippen MR) is 72.4 cm³/mol. The molecule has 0 aliphatic heterocycles. The minimum Gasteiger partial charge on any atom is -0.328 e. The molecule has 2 atom stereocenters. The number of nitrogens with one attached hydrogen (secondary N) is 2. The number of hydrogen-bond donors (Lipinski definition) is 3. The van der Waals surface area contributed by atoms with Gasteiger partial charge in [-0.3, -0.25) is 0 Å². The van der Waals surface area contributed by atoms with E-state index in [0.717, 1.165) is 32.1 Å². The topological polar surface area (TPSA) is 84.2 Å². The van der Waals surface area contributed by atoms with Crippen LogP contribution in [0.2, 0.25) is 0 Å². The van der Waals surface area contributed by atoms with Crippen LogP contribution < -0.4 is 15.2 Å². The molecule has 4 N–H and O–H groups in total. The third kappa shape index (κ3) is 7.21. The van der Waals surface area contributed by atoms with Crippen molar-refractivity contribution in [1.29, 1.82) is 0 Å². The first-order valence-corrected chi connectivity index (χ1v) is 7.51. The minimum absolute atomic E-state index is 0. The van der Waals surface area contributed by atoms with E-state index in [1.165, 1.54) is 0 Å². The van der Waals surface area contributed by atoms with Gasteiger partial charge in [-0.05, 0) is 31.6 Å². The van der Waals surface area contributed by atoms with Gasteiger partial charge in [0.1, 0.15) is 0 Å². The van der Waals surface area contributed by atoms with E-state index in [1.54, 1.807) is 0 Å². The van der Waals surface area contributed by atoms with E-state index in [4.69, 9.17) is 5.73 Å². The number of nitrogens with two attached hydrogens (primary N) is 1. The zero-order valence-corrected chi connectivity index (χ0v) is 11.9. The molecule has 0 aromatic rings. The van der Waals surface area contributed by atoms with Crippen molar-refractivity contribution in [3.8, 4) is 0 Å². The molecule has 2 unspecified atom stereocenters. The minimum atomic E-state index is -3.30. The Morgan fingerprint density at radius 3 is 2.59 bits per heavy atom. The molecular weight excluding hydrogens is 262 g/mol. The van der Waals surface area contributed by atoms with Crippen LogP contribution in [0.25, 0.3) is 0 Å². The molecule has 5 nitrogen and oxygen atoms in total. The molecule has 1 aliphatic carbocycles. The summed E-state index contributed by atoms with van der Waals surface area (Å²) in [5.41, 5.74) is 5.85. The summed E-state index contributed by atoms with van der Waals surface area (Å²) in [7, 11) is -3.30. The summed E-state index contributed by atoms with van der Waals surface area (Å²) in [4.78, 5) is 0. The Bertz CT molecular complexity index is 298. The van der Waals surface area contributed by atoms with Crippen molar-refractivity contribution in [2.45, 2.75) is 45.1 Å². The zero-order valence-electron chi connectivity index (χ0n) is 10.3. The second-order valence-electron chi connectivity index (χ2n) is 4.54. The van der Waals surface area contributed by atoms with Crippen LogP contribution in [0.15, 0.2) is 0 Å². The quantitative estimate of drug-likeness (QED) is 0.674. The molecule has 1 saturated carbocycles. The highest BCUT2D eigenvalue weighted by Gasteiger charge is 2.20. The maximum Gasteiger partial charge on any atom is 0.276 e. The monoisotopic (exact) mass is 285 g/mol. The van der Waals surface area contributed by atoms with Gasteiger partial charge >= 0.3 is 0 Å². The Morgan fingerprint density at radius 2 is 2.00 bits per heavy atom. The first-order valence-electron chi connectivity index (χ1n) is 6.03. The molecule has 0 heterocycles. The van der Waals surface area contributed by atoms with Crippen LogP contribution in [0.4, 0.5) is 0 Å². The Balaban J connectivity index is 0.00000256. The van der Waals surface area contributed by atoms with E-state index in [0.29, 0.717) is 19.0 Å². The van der Waals surface area contributed by atoms with Crippen molar-refractivity contribution in [2.75, 3.05) is 13.1 Å². The fourth-order valence-corrected chi connectivity index (χ4v) is 3.06. The molecule has 1 fully saturated rings. The molecule has 0 saturated heterocycles. The molecule has 0 radical (unpaired) electrons. The molecule has 0 aromatic carbocycles. The molecule has 0 bridgehead atoms. The van der Waals surface area contributed by atoms with Crippen LogP contribution in [0.5, 0.6) is 0 Å². The normalized spacial score (nSPS) is 25.3. The highest BCUT2D eigenvalue weighted by Crippen LogP contribution is 2.22. The Kier molecular flexibility index (Phi) is 8.32. The molecular formula is C10H24ClN3O2S. The lowest BCUT2D eigenvalue weighted by Crippen LogP contribution is -2.41. The summed E-state index contributed by atoms with van der Waals surface area (Å²) in [6.07, 6.45) is 4.97. The van der Waals surface area contributed by atoms with E-state index in [-0.39, 0.29) is 18.4 Å². The molecule has 1 aliphatic rings. The Hall–Kier alpha value is 0.120. The summed E-state index contributed by atoms with van der Waals surface area (Å²) in [5, 5.41) is 0. The van der Waals surface area contributed by atoms with Gasteiger partial charge in [0.05, 0.1) is 0 Å². The Labute approximate surface area is 111 Å². The van der Waals surface area contributed by atoms with E-state index < -0.39 is 10.2 Å². The van der Waals surface area contributed by atoms with E-state index >= 15 is 0 Å². The highest BCUT2D eigenvalue weighted by atomic mass is 35.5. The largest absolute Gasteiger partial charge is 0.328 e. The van der Waals surface area contributed by atoms with Crippen molar-refractivity contribution in [3.05, 3.63) is 0 Å². The standard InChI is InChI=1S/C10H23N3O2S.ClH/c1-2-6-12-16(14,15)13-8-9-4-3-5-10(11)7-9;/h9-10,12-13H,2-8,11H2,1H3;1H. The van der Waals surface area contributed by atoms with Crippen molar-refractivity contribution in [3.63, 3.8) is 0 Å². The van der Waals surface area contributed by atoms with Crippen LogP contribution in [-0.4, -0.2) is 27.5 Å². The van der Waals surface area contributed by atoms with Crippen LogP contribution >= 0.6 is 12.4 Å². The van der Waals surface area contributed by atoms with Gasteiger partial charge in [-0.25, -0.2) is 9.44 Å². The fourth-order valence-electron chi connectivity index (χ4n) is 2.03. The lowest BCUT2D eigenvalue weighted by Gasteiger charge is -2.26. The first-order chi connectivity index (χ1) is 7.53. The lowest BCUT2D eigenvalue weighted by atomic mass is 9.86. The van der Waals surface area contributed by atoms with Crippen LogP contribution in [0, 0.1) is 5.92 Å². The SMILES string of the molecule is CCCNS(=O)(=O)NCC1CCCC(N)C1.Cl. The summed E-state index contributed by atoms with van der Waals surface area (Å²) in [5.74, 6) is 0.391. The van der Waals surface area contributed by atoms with Gasteiger partial charge in [-0.1, -0.05) is 13.3 Å². The van der Waals surface area contributed by atoms with Gasteiger partial charge < -0.3 is 5.73 Å². The van der Waals surface area contributed by atoms with Crippen molar-refractivity contribution in [2.24, 2.45) is 11.7 Å². The van der Waals surface area contributed by atoms with Gasteiger partial charge in [0.15, 0.2) is 0 Å². The van der Waals surface area contributed by atoms with Crippen LogP contribution in [0.3, 0.4) is 0 Å².